The number of aliphatic imine (C=N–C) groups is 1. The Morgan fingerprint density at radius 1 is 1.12 bits per heavy atom. The Morgan fingerprint density at radius 2 is 1.84 bits per heavy atom. The van der Waals surface area contributed by atoms with Crippen molar-refractivity contribution in [3.8, 4) is 11.5 Å². The first-order valence-electron chi connectivity index (χ1n) is 10.6. The molecule has 2 heterocycles. The van der Waals surface area contributed by atoms with E-state index in [1.165, 1.54) is 0 Å². The van der Waals surface area contributed by atoms with E-state index in [0.717, 1.165) is 11.1 Å². The molecule has 8 heteroatoms. The molecule has 0 aromatic heterocycles. The summed E-state index contributed by atoms with van der Waals surface area (Å²) in [6.07, 6.45) is 1.32. The molecule has 2 aliphatic heterocycles. The first kappa shape index (κ1) is 21.8. The maximum atomic E-state index is 12.6. The summed E-state index contributed by atoms with van der Waals surface area (Å²) in [5.74, 6) is 0.947. The predicted molar refractivity (Wildman–Crippen MR) is 122 cm³/mol. The Morgan fingerprint density at radius 3 is 2.50 bits per heavy atom. The van der Waals surface area contributed by atoms with Gasteiger partial charge in [0.2, 0.25) is 5.91 Å². The van der Waals surface area contributed by atoms with Gasteiger partial charge in [-0.2, -0.15) is 0 Å². The van der Waals surface area contributed by atoms with Gasteiger partial charge in [-0.15, -0.1) is 0 Å². The Hall–Kier alpha value is -3.39. The molecule has 0 radical (unpaired) electrons. The molecule has 0 atom stereocenters. The zero-order chi connectivity index (χ0) is 22.7. The average Bonchev–Trinajstić information content (AvgIpc) is 3.12. The minimum absolute atomic E-state index is 0.122. The number of carbonyl (C=O) groups is 2. The number of piperidine rings is 1. The molecule has 0 bridgehead atoms. The van der Waals surface area contributed by atoms with Crippen LogP contribution in [0.1, 0.15) is 24.0 Å². The van der Waals surface area contributed by atoms with Crippen LogP contribution in [0.25, 0.3) is 0 Å². The van der Waals surface area contributed by atoms with Crippen LogP contribution in [0.15, 0.2) is 47.5 Å². The summed E-state index contributed by atoms with van der Waals surface area (Å²) in [5, 5.41) is 5.98. The molecular weight excluding hydrogens is 408 g/mol. The van der Waals surface area contributed by atoms with E-state index in [-0.39, 0.29) is 18.4 Å². The lowest BCUT2D eigenvalue weighted by Crippen LogP contribution is -2.52. The number of ether oxygens (including phenoxy) is 2. The number of aryl methyl sites for hydroxylation is 1. The number of amides is 2. The van der Waals surface area contributed by atoms with E-state index >= 15 is 0 Å². The van der Waals surface area contributed by atoms with Crippen molar-refractivity contribution in [2.45, 2.75) is 25.4 Å². The second kappa shape index (κ2) is 9.00. The smallest absolute Gasteiger partial charge is 0.272 e. The quantitative estimate of drug-likeness (QED) is 0.725. The molecule has 4 rings (SSSR count). The van der Waals surface area contributed by atoms with E-state index in [9.17, 15) is 9.59 Å². The van der Waals surface area contributed by atoms with Gasteiger partial charge >= 0.3 is 0 Å². The van der Waals surface area contributed by atoms with E-state index in [4.69, 9.17) is 14.5 Å². The Balaban J connectivity index is 1.35. The van der Waals surface area contributed by atoms with E-state index in [1.807, 2.05) is 31.2 Å². The van der Waals surface area contributed by atoms with Crippen molar-refractivity contribution >= 4 is 23.2 Å². The molecule has 2 aliphatic rings. The summed E-state index contributed by atoms with van der Waals surface area (Å²) < 4.78 is 10.5. The van der Waals surface area contributed by atoms with Crippen molar-refractivity contribution in [3.05, 3.63) is 53.6 Å². The molecule has 2 aromatic rings. The number of likely N-dealkylation sites (tertiary alicyclic amines) is 1. The molecule has 1 spiro atoms. The van der Waals surface area contributed by atoms with Crippen LogP contribution >= 0.6 is 0 Å². The van der Waals surface area contributed by atoms with Crippen LogP contribution in [0.5, 0.6) is 11.5 Å². The number of benzene rings is 2. The van der Waals surface area contributed by atoms with Gasteiger partial charge in [0.25, 0.3) is 5.91 Å². The number of methoxy groups -OCH3 is 2. The summed E-state index contributed by atoms with van der Waals surface area (Å²) in [6.45, 7) is 3.60. The van der Waals surface area contributed by atoms with E-state index in [2.05, 4.69) is 15.5 Å². The van der Waals surface area contributed by atoms with Crippen molar-refractivity contribution in [1.82, 2.24) is 10.2 Å². The fraction of sp³-hybridized carbons (Fsp3) is 0.375. The molecule has 2 aromatic carbocycles. The normalized spacial score (nSPS) is 17.6. The third-order valence-electron chi connectivity index (χ3n) is 5.95. The molecule has 168 valence electrons. The van der Waals surface area contributed by atoms with Crippen LogP contribution < -0.4 is 20.1 Å². The Labute approximate surface area is 187 Å². The topological polar surface area (TPSA) is 92.3 Å². The van der Waals surface area contributed by atoms with Crippen molar-refractivity contribution in [2.75, 3.05) is 39.2 Å². The summed E-state index contributed by atoms with van der Waals surface area (Å²) in [5.41, 5.74) is 2.48. The molecule has 1 saturated heterocycles. The predicted octanol–water partition coefficient (Wildman–Crippen LogP) is 2.36. The summed E-state index contributed by atoms with van der Waals surface area (Å²) in [7, 11) is 3.13. The van der Waals surface area contributed by atoms with Crippen LogP contribution in [0.2, 0.25) is 0 Å². The first-order valence-corrected chi connectivity index (χ1v) is 10.6. The number of hydrogen-bond donors (Lipinski definition) is 2. The van der Waals surface area contributed by atoms with Gasteiger partial charge in [0.15, 0.2) is 0 Å². The highest BCUT2D eigenvalue weighted by atomic mass is 16.5. The van der Waals surface area contributed by atoms with Gasteiger partial charge in [0, 0.05) is 37.6 Å². The highest BCUT2D eigenvalue weighted by molar-refractivity contribution is 6.46. The second-order valence-electron chi connectivity index (χ2n) is 8.20. The molecule has 8 nitrogen and oxygen atoms in total. The van der Waals surface area contributed by atoms with Gasteiger partial charge in [0.1, 0.15) is 22.9 Å². The summed E-state index contributed by atoms with van der Waals surface area (Å²) in [6, 6.07) is 13.1. The maximum absolute atomic E-state index is 12.6. The third-order valence-corrected chi connectivity index (χ3v) is 5.95. The number of nitrogens with zero attached hydrogens (tertiary/aromatic N) is 2. The highest BCUT2D eigenvalue weighted by Crippen LogP contribution is 2.30. The lowest BCUT2D eigenvalue weighted by molar-refractivity contribution is -0.119. The standard InChI is InChI=1S/C24H28N4O4/c1-16-4-6-17(7-5-16)22-23(30)27-24(26-22)10-12-28(13-11-24)15-21(29)25-19-9-8-18(31-2)14-20(19)32-3/h4-9,14H,10-13,15H2,1-3H3,(H,25,29)(H,27,30). The van der Waals surface area contributed by atoms with Crippen LogP contribution in [-0.4, -0.2) is 61.9 Å². The van der Waals surface area contributed by atoms with Crippen molar-refractivity contribution in [1.29, 1.82) is 0 Å². The number of carbonyl (C=O) groups excluding carboxylic acids is 2. The van der Waals surface area contributed by atoms with Gasteiger partial charge in [0.05, 0.1) is 26.5 Å². The maximum Gasteiger partial charge on any atom is 0.272 e. The average molecular weight is 437 g/mol. The number of anilines is 1. The minimum Gasteiger partial charge on any atom is -0.497 e. The van der Waals surface area contributed by atoms with Crippen LogP contribution in [0, 0.1) is 6.92 Å². The van der Waals surface area contributed by atoms with Crippen LogP contribution in [0.3, 0.4) is 0 Å². The molecule has 2 N–H and O–H groups in total. The van der Waals surface area contributed by atoms with Crippen molar-refractivity contribution < 1.29 is 19.1 Å². The van der Waals surface area contributed by atoms with E-state index in [0.29, 0.717) is 48.8 Å². The lowest BCUT2D eigenvalue weighted by atomic mass is 9.98. The largest absolute Gasteiger partial charge is 0.497 e. The SMILES string of the molecule is COc1ccc(NC(=O)CN2CCC3(CC2)N=C(c2ccc(C)cc2)C(=O)N3)c(OC)c1. The van der Waals surface area contributed by atoms with Crippen LogP contribution in [-0.2, 0) is 9.59 Å². The second-order valence-corrected chi connectivity index (χ2v) is 8.20. The first-order chi connectivity index (χ1) is 15.4. The number of hydrogen-bond acceptors (Lipinski definition) is 6. The molecule has 2 amide bonds. The fourth-order valence-corrected chi connectivity index (χ4v) is 4.08. The van der Waals surface area contributed by atoms with Gasteiger partial charge in [-0.3, -0.25) is 19.5 Å². The van der Waals surface area contributed by atoms with Crippen molar-refractivity contribution in [2.24, 2.45) is 4.99 Å². The molecule has 1 fully saturated rings. The number of rotatable bonds is 6. The van der Waals surface area contributed by atoms with Crippen LogP contribution in [0.4, 0.5) is 5.69 Å². The van der Waals surface area contributed by atoms with E-state index in [1.54, 1.807) is 32.4 Å². The molecular formula is C24H28N4O4. The Bertz CT molecular complexity index is 1040. The van der Waals surface area contributed by atoms with Gasteiger partial charge in [-0.1, -0.05) is 29.8 Å². The number of nitrogens with one attached hydrogen (secondary N) is 2. The molecule has 0 unspecified atom stereocenters. The van der Waals surface area contributed by atoms with E-state index < -0.39 is 5.66 Å². The molecule has 32 heavy (non-hydrogen) atoms. The zero-order valence-corrected chi connectivity index (χ0v) is 18.6. The molecule has 0 saturated carbocycles. The van der Waals surface area contributed by atoms with Gasteiger partial charge in [-0.25, -0.2) is 0 Å². The minimum atomic E-state index is -0.580. The van der Waals surface area contributed by atoms with Crippen molar-refractivity contribution in [3.63, 3.8) is 0 Å². The zero-order valence-electron chi connectivity index (χ0n) is 18.6. The Kier molecular flexibility index (Phi) is 6.14. The van der Waals surface area contributed by atoms with Gasteiger partial charge in [-0.05, 0) is 19.1 Å². The van der Waals surface area contributed by atoms with Gasteiger partial charge < -0.3 is 20.1 Å². The summed E-state index contributed by atoms with van der Waals surface area (Å²) in [4.78, 5) is 32.0. The highest BCUT2D eigenvalue weighted by Gasteiger charge is 2.42. The molecule has 0 aliphatic carbocycles. The summed E-state index contributed by atoms with van der Waals surface area (Å²) >= 11 is 0. The third kappa shape index (κ3) is 4.60. The lowest BCUT2D eigenvalue weighted by Gasteiger charge is -2.36. The fourth-order valence-electron chi connectivity index (χ4n) is 4.08. The monoisotopic (exact) mass is 436 g/mol.